The third kappa shape index (κ3) is 3.09. The molecule has 0 aliphatic heterocycles. The molecule has 120 valence electrons. The molecule has 3 rings (SSSR count). The molecule has 1 aromatic carbocycles. The third-order valence-electron chi connectivity index (χ3n) is 3.12. The Bertz CT molecular complexity index is 837. The molecule has 0 spiro atoms. The lowest BCUT2D eigenvalue weighted by Crippen LogP contribution is -2.13. The lowest BCUT2D eigenvalue weighted by molar-refractivity contribution is -0.147. The number of furan rings is 1. The highest BCUT2D eigenvalue weighted by molar-refractivity contribution is 7.99. The number of Topliss-reactive ketones (excluding diaryl/α,β-unsaturated/α-hetero) is 1. The maximum absolute atomic E-state index is 12.6. The van der Waals surface area contributed by atoms with Crippen molar-refractivity contribution < 1.29 is 22.4 Å². The van der Waals surface area contributed by atoms with Crippen molar-refractivity contribution in [1.29, 1.82) is 0 Å². The van der Waals surface area contributed by atoms with E-state index in [1.165, 1.54) is 7.05 Å². The second-order valence-electron chi connectivity index (χ2n) is 4.72. The molecule has 0 atom stereocenters. The number of carbonyl (C=O) groups excluding carboxylic acids is 1. The molecule has 0 amide bonds. The van der Waals surface area contributed by atoms with Crippen LogP contribution in [0, 0.1) is 0 Å². The van der Waals surface area contributed by atoms with E-state index >= 15 is 0 Å². The van der Waals surface area contributed by atoms with Crippen LogP contribution in [0.2, 0.25) is 0 Å². The second kappa shape index (κ2) is 5.73. The minimum atomic E-state index is -4.58. The number of nitrogens with zero attached hydrogens (tertiary/aromatic N) is 3. The number of benzene rings is 1. The molecule has 0 saturated heterocycles. The zero-order valence-electron chi connectivity index (χ0n) is 11.8. The van der Waals surface area contributed by atoms with Crippen LogP contribution in [-0.2, 0) is 13.2 Å². The number of ketones is 1. The third-order valence-corrected chi connectivity index (χ3v) is 4.14. The van der Waals surface area contributed by atoms with E-state index in [9.17, 15) is 18.0 Å². The van der Waals surface area contributed by atoms with Gasteiger partial charge >= 0.3 is 6.18 Å². The molecular weight excluding hydrogens is 331 g/mol. The molecule has 0 aliphatic carbocycles. The average molecular weight is 341 g/mol. The fraction of sp³-hybridized carbons (Fsp3) is 0.214. The Morgan fingerprint density at radius 3 is 2.70 bits per heavy atom. The fourth-order valence-corrected chi connectivity index (χ4v) is 2.79. The van der Waals surface area contributed by atoms with Crippen LogP contribution < -0.4 is 0 Å². The molecule has 2 heterocycles. The van der Waals surface area contributed by atoms with Gasteiger partial charge in [0, 0.05) is 12.4 Å². The maximum atomic E-state index is 12.6. The average Bonchev–Trinajstić information content (AvgIpc) is 3.07. The molecule has 3 aromatic rings. The minimum absolute atomic E-state index is 0.0155. The highest BCUT2D eigenvalue weighted by Crippen LogP contribution is 2.30. The van der Waals surface area contributed by atoms with E-state index in [2.05, 4.69) is 10.2 Å². The van der Waals surface area contributed by atoms with E-state index < -0.39 is 12.0 Å². The van der Waals surface area contributed by atoms with E-state index in [0.29, 0.717) is 5.58 Å². The summed E-state index contributed by atoms with van der Waals surface area (Å²) in [6.07, 6.45) is -4.58. The highest BCUT2D eigenvalue weighted by atomic mass is 32.2. The Morgan fingerprint density at radius 1 is 1.30 bits per heavy atom. The molecule has 5 nitrogen and oxygen atoms in total. The van der Waals surface area contributed by atoms with Gasteiger partial charge in [-0.1, -0.05) is 30.0 Å². The molecule has 0 fully saturated rings. The summed E-state index contributed by atoms with van der Waals surface area (Å²) in [5.74, 6) is -1.36. The van der Waals surface area contributed by atoms with Crippen LogP contribution in [0.1, 0.15) is 16.4 Å². The largest absolute Gasteiger partial charge is 0.453 e. The lowest BCUT2D eigenvalue weighted by Gasteiger charge is -2.05. The number of aromatic nitrogens is 3. The summed E-state index contributed by atoms with van der Waals surface area (Å²) < 4.78 is 44.1. The summed E-state index contributed by atoms with van der Waals surface area (Å²) >= 11 is 0.877. The molecule has 23 heavy (non-hydrogen) atoms. The molecule has 0 bridgehead atoms. The van der Waals surface area contributed by atoms with Gasteiger partial charge in [0.15, 0.2) is 10.9 Å². The molecule has 0 aliphatic rings. The van der Waals surface area contributed by atoms with Crippen LogP contribution in [0.5, 0.6) is 0 Å². The van der Waals surface area contributed by atoms with Crippen LogP contribution in [0.25, 0.3) is 11.0 Å². The predicted molar refractivity (Wildman–Crippen MR) is 77.3 cm³/mol. The summed E-state index contributed by atoms with van der Waals surface area (Å²) in [6.45, 7) is 0. The molecule has 0 N–H and O–H groups in total. The molecule has 0 saturated carbocycles. The Labute approximate surface area is 132 Å². The first-order chi connectivity index (χ1) is 10.9. The summed E-state index contributed by atoms with van der Waals surface area (Å²) in [5, 5.41) is 7.37. The van der Waals surface area contributed by atoms with Gasteiger partial charge in [-0.05, 0) is 12.1 Å². The fourth-order valence-electron chi connectivity index (χ4n) is 2.01. The number of hydrogen-bond acceptors (Lipinski definition) is 5. The van der Waals surface area contributed by atoms with E-state index in [0.717, 1.165) is 21.7 Å². The van der Waals surface area contributed by atoms with Gasteiger partial charge in [0.1, 0.15) is 5.58 Å². The van der Waals surface area contributed by atoms with Gasteiger partial charge in [-0.15, -0.1) is 10.2 Å². The van der Waals surface area contributed by atoms with Crippen molar-refractivity contribution in [2.75, 3.05) is 5.75 Å². The SMILES string of the molecule is Cn1c(SCC(=O)c2cc3ccccc3o2)nnc1C(F)(F)F. The normalized spacial score (nSPS) is 12.0. The molecule has 9 heteroatoms. The number of halogens is 3. The van der Waals surface area contributed by atoms with Crippen molar-refractivity contribution in [2.45, 2.75) is 11.3 Å². The van der Waals surface area contributed by atoms with Gasteiger partial charge in [0.05, 0.1) is 5.75 Å². The van der Waals surface area contributed by atoms with Crippen molar-refractivity contribution >= 4 is 28.5 Å². The number of thioether (sulfide) groups is 1. The van der Waals surface area contributed by atoms with Crippen molar-refractivity contribution in [2.24, 2.45) is 7.05 Å². The Hall–Kier alpha value is -2.29. The van der Waals surface area contributed by atoms with Crippen LogP contribution in [0.4, 0.5) is 13.2 Å². The van der Waals surface area contributed by atoms with Crippen LogP contribution in [0.15, 0.2) is 39.9 Å². The van der Waals surface area contributed by atoms with Crippen molar-refractivity contribution in [3.05, 3.63) is 41.9 Å². The van der Waals surface area contributed by atoms with Crippen LogP contribution in [-0.4, -0.2) is 26.3 Å². The number of fused-ring (bicyclic) bond motifs is 1. The summed E-state index contributed by atoms with van der Waals surface area (Å²) in [6, 6.07) is 8.75. The lowest BCUT2D eigenvalue weighted by atomic mass is 10.2. The quantitative estimate of drug-likeness (QED) is 0.536. The van der Waals surface area contributed by atoms with E-state index in [4.69, 9.17) is 4.42 Å². The monoisotopic (exact) mass is 341 g/mol. The maximum Gasteiger partial charge on any atom is 0.451 e. The van der Waals surface area contributed by atoms with Crippen LogP contribution in [0.3, 0.4) is 0 Å². The van der Waals surface area contributed by atoms with E-state index in [-0.39, 0.29) is 22.5 Å². The topological polar surface area (TPSA) is 60.9 Å². The van der Waals surface area contributed by atoms with Gasteiger partial charge in [-0.2, -0.15) is 13.2 Å². The first-order valence-corrected chi connectivity index (χ1v) is 7.46. The molecule has 0 radical (unpaired) electrons. The first-order valence-electron chi connectivity index (χ1n) is 6.47. The molecule has 0 unspecified atom stereocenters. The summed E-state index contributed by atoms with van der Waals surface area (Å²) in [7, 11) is 1.21. The smallest absolute Gasteiger partial charge is 0.451 e. The van der Waals surface area contributed by atoms with Crippen molar-refractivity contribution in [3.63, 3.8) is 0 Å². The number of para-hydroxylation sites is 1. The minimum Gasteiger partial charge on any atom is -0.453 e. The molecular formula is C14H10F3N3O2S. The number of hydrogen-bond donors (Lipinski definition) is 0. The van der Waals surface area contributed by atoms with Gasteiger partial charge in [0.25, 0.3) is 0 Å². The zero-order valence-corrected chi connectivity index (χ0v) is 12.6. The van der Waals surface area contributed by atoms with Crippen molar-refractivity contribution in [3.8, 4) is 0 Å². The predicted octanol–water partition coefficient (Wildman–Crippen LogP) is 3.56. The first kappa shape index (κ1) is 15.6. The van der Waals surface area contributed by atoms with Crippen LogP contribution >= 0.6 is 11.8 Å². The Morgan fingerprint density at radius 2 is 2.04 bits per heavy atom. The number of alkyl halides is 3. The van der Waals surface area contributed by atoms with E-state index in [1.807, 2.05) is 6.07 Å². The number of rotatable bonds is 4. The van der Waals surface area contributed by atoms with Gasteiger partial charge in [0.2, 0.25) is 11.6 Å². The summed E-state index contributed by atoms with van der Waals surface area (Å²) in [4.78, 5) is 12.1. The highest BCUT2D eigenvalue weighted by Gasteiger charge is 2.37. The standard InChI is InChI=1S/C14H10F3N3O2S/c1-20-12(14(15,16)17)18-19-13(20)23-7-9(21)11-6-8-4-2-3-5-10(8)22-11/h2-6H,7H2,1H3. The molecule has 2 aromatic heterocycles. The van der Waals surface area contributed by atoms with Crippen molar-refractivity contribution in [1.82, 2.24) is 14.8 Å². The second-order valence-corrected chi connectivity index (χ2v) is 5.67. The number of carbonyl (C=O) groups is 1. The van der Waals surface area contributed by atoms with E-state index in [1.54, 1.807) is 24.3 Å². The zero-order chi connectivity index (χ0) is 16.6. The van der Waals surface area contributed by atoms with Gasteiger partial charge in [-0.25, -0.2) is 0 Å². The van der Waals surface area contributed by atoms with Gasteiger partial charge in [-0.3, -0.25) is 4.79 Å². The van der Waals surface area contributed by atoms with Gasteiger partial charge < -0.3 is 8.98 Å². The Balaban J connectivity index is 1.73. The summed E-state index contributed by atoms with van der Waals surface area (Å²) in [5.41, 5.74) is 0.582. The Kier molecular flexibility index (Phi) is 3.88.